The van der Waals surface area contributed by atoms with Crippen LogP contribution in [0.5, 0.6) is 0 Å². The maximum atomic E-state index is 6.16. The highest BCUT2D eigenvalue weighted by Crippen LogP contribution is 2.26. The first-order chi connectivity index (χ1) is 10.7. The summed E-state index contributed by atoms with van der Waals surface area (Å²) in [5, 5.41) is 0. The average molecular weight is 312 g/mol. The van der Waals surface area contributed by atoms with Crippen LogP contribution in [0.15, 0.2) is 0 Å². The fourth-order valence-electron chi connectivity index (χ4n) is 3.80. The van der Waals surface area contributed by atoms with Gasteiger partial charge in [0.1, 0.15) is 0 Å². The number of rotatable bonds is 8. The molecule has 0 bridgehead atoms. The largest absolute Gasteiger partial charge is 0.380 e. The van der Waals surface area contributed by atoms with E-state index in [0.717, 1.165) is 51.9 Å². The Morgan fingerprint density at radius 2 is 1.82 bits per heavy atom. The van der Waals surface area contributed by atoms with Crippen LogP contribution in [0, 0.1) is 5.92 Å². The molecule has 130 valence electrons. The highest BCUT2D eigenvalue weighted by Gasteiger charge is 2.24. The first kappa shape index (κ1) is 18.2. The van der Waals surface area contributed by atoms with Crippen molar-refractivity contribution in [3.05, 3.63) is 0 Å². The van der Waals surface area contributed by atoms with Crippen molar-refractivity contribution in [1.29, 1.82) is 0 Å². The van der Waals surface area contributed by atoms with E-state index in [2.05, 4.69) is 30.6 Å². The lowest BCUT2D eigenvalue weighted by atomic mass is 9.88. The van der Waals surface area contributed by atoms with Crippen LogP contribution in [0.25, 0.3) is 0 Å². The molecule has 0 aromatic rings. The van der Waals surface area contributed by atoms with E-state index in [0.29, 0.717) is 12.1 Å². The second kappa shape index (κ2) is 9.86. The van der Waals surface area contributed by atoms with Gasteiger partial charge in [-0.1, -0.05) is 19.8 Å². The molecule has 2 rings (SSSR count). The Kier molecular flexibility index (Phi) is 8.15. The highest BCUT2D eigenvalue weighted by molar-refractivity contribution is 4.79. The van der Waals surface area contributed by atoms with Crippen LogP contribution in [0.1, 0.15) is 46.5 Å². The van der Waals surface area contributed by atoms with Crippen LogP contribution in [0.4, 0.5) is 0 Å². The second-order valence-electron chi connectivity index (χ2n) is 7.05. The molecular formula is C18H36N2O2. The summed E-state index contributed by atoms with van der Waals surface area (Å²) in [7, 11) is 0. The standard InChI is InChI=1S/C18H36N2O2/c1-4-21-13-12-20-10-9-19(15-17(20)3)11-14-22-18-8-6-5-7-16(18)2/h16-18H,4-15H2,1-3H3/t16-,17+,18+/m0/s1. The third kappa shape index (κ3) is 5.80. The molecule has 1 aliphatic carbocycles. The molecule has 1 saturated heterocycles. The number of hydrogen-bond acceptors (Lipinski definition) is 4. The molecule has 1 heterocycles. The molecule has 0 aromatic carbocycles. The van der Waals surface area contributed by atoms with Gasteiger partial charge in [-0.15, -0.1) is 0 Å². The Balaban J connectivity index is 1.59. The minimum Gasteiger partial charge on any atom is -0.380 e. The van der Waals surface area contributed by atoms with Crippen molar-refractivity contribution in [3.63, 3.8) is 0 Å². The fourth-order valence-corrected chi connectivity index (χ4v) is 3.80. The molecule has 4 heteroatoms. The minimum absolute atomic E-state index is 0.513. The molecule has 0 aromatic heterocycles. The quantitative estimate of drug-likeness (QED) is 0.643. The molecule has 1 aliphatic heterocycles. The van der Waals surface area contributed by atoms with E-state index in [4.69, 9.17) is 9.47 Å². The lowest BCUT2D eigenvalue weighted by Crippen LogP contribution is -2.53. The van der Waals surface area contributed by atoms with E-state index in [1.807, 2.05) is 0 Å². The van der Waals surface area contributed by atoms with Crippen molar-refractivity contribution in [2.24, 2.45) is 5.92 Å². The first-order valence-electron chi connectivity index (χ1n) is 9.36. The Morgan fingerprint density at radius 1 is 1.00 bits per heavy atom. The molecule has 1 saturated carbocycles. The predicted molar refractivity (Wildman–Crippen MR) is 91.3 cm³/mol. The zero-order valence-corrected chi connectivity index (χ0v) is 14.9. The lowest BCUT2D eigenvalue weighted by molar-refractivity contribution is -0.0233. The molecule has 2 aliphatic rings. The summed E-state index contributed by atoms with van der Waals surface area (Å²) >= 11 is 0. The first-order valence-corrected chi connectivity index (χ1v) is 9.36. The number of ether oxygens (including phenoxy) is 2. The molecule has 0 unspecified atom stereocenters. The maximum absolute atomic E-state index is 6.16. The van der Waals surface area contributed by atoms with Crippen molar-refractivity contribution < 1.29 is 9.47 Å². The zero-order chi connectivity index (χ0) is 15.8. The SMILES string of the molecule is CCOCCN1CCN(CCO[C@@H]2CCCC[C@@H]2C)C[C@H]1C. The normalized spacial score (nSPS) is 31.5. The number of nitrogens with zero attached hydrogens (tertiary/aromatic N) is 2. The van der Waals surface area contributed by atoms with Crippen LogP contribution in [-0.2, 0) is 9.47 Å². The van der Waals surface area contributed by atoms with Crippen LogP contribution in [0.2, 0.25) is 0 Å². The maximum Gasteiger partial charge on any atom is 0.0601 e. The summed E-state index contributed by atoms with van der Waals surface area (Å²) in [5.41, 5.74) is 0. The van der Waals surface area contributed by atoms with E-state index in [9.17, 15) is 0 Å². The van der Waals surface area contributed by atoms with Gasteiger partial charge in [-0.3, -0.25) is 9.80 Å². The van der Waals surface area contributed by atoms with Gasteiger partial charge in [-0.05, 0) is 32.6 Å². The fraction of sp³-hybridized carbons (Fsp3) is 1.00. The number of piperazine rings is 1. The van der Waals surface area contributed by atoms with Gasteiger partial charge in [0.2, 0.25) is 0 Å². The lowest BCUT2D eigenvalue weighted by Gasteiger charge is -2.40. The van der Waals surface area contributed by atoms with Gasteiger partial charge >= 0.3 is 0 Å². The molecule has 0 amide bonds. The molecular weight excluding hydrogens is 276 g/mol. The van der Waals surface area contributed by atoms with Crippen LogP contribution >= 0.6 is 0 Å². The minimum atomic E-state index is 0.513. The van der Waals surface area contributed by atoms with Gasteiger partial charge < -0.3 is 9.47 Å². The van der Waals surface area contributed by atoms with Gasteiger partial charge in [0.05, 0.1) is 19.3 Å². The molecule has 3 atom stereocenters. The van der Waals surface area contributed by atoms with E-state index < -0.39 is 0 Å². The Bertz CT molecular complexity index is 301. The van der Waals surface area contributed by atoms with Crippen molar-refractivity contribution in [2.45, 2.75) is 58.6 Å². The van der Waals surface area contributed by atoms with E-state index >= 15 is 0 Å². The van der Waals surface area contributed by atoms with Gasteiger partial charge in [0.25, 0.3) is 0 Å². The van der Waals surface area contributed by atoms with Gasteiger partial charge in [-0.25, -0.2) is 0 Å². The second-order valence-corrected chi connectivity index (χ2v) is 7.05. The molecule has 0 spiro atoms. The molecule has 0 radical (unpaired) electrons. The summed E-state index contributed by atoms with van der Waals surface area (Å²) in [6.07, 6.45) is 5.87. The Labute approximate surface area is 137 Å². The van der Waals surface area contributed by atoms with Crippen molar-refractivity contribution in [3.8, 4) is 0 Å². The van der Waals surface area contributed by atoms with Gasteiger partial charge in [0, 0.05) is 45.4 Å². The van der Waals surface area contributed by atoms with Crippen molar-refractivity contribution in [2.75, 3.05) is 52.5 Å². The van der Waals surface area contributed by atoms with Crippen LogP contribution < -0.4 is 0 Å². The predicted octanol–water partition coefficient (Wildman–Crippen LogP) is 2.62. The summed E-state index contributed by atoms with van der Waals surface area (Å²) in [4.78, 5) is 5.12. The summed E-state index contributed by atoms with van der Waals surface area (Å²) in [6, 6.07) is 0.628. The van der Waals surface area contributed by atoms with Crippen LogP contribution in [-0.4, -0.2) is 74.5 Å². The van der Waals surface area contributed by atoms with E-state index in [1.165, 1.54) is 32.2 Å². The van der Waals surface area contributed by atoms with E-state index in [-0.39, 0.29) is 0 Å². The van der Waals surface area contributed by atoms with E-state index in [1.54, 1.807) is 0 Å². The van der Waals surface area contributed by atoms with Crippen LogP contribution in [0.3, 0.4) is 0 Å². The third-order valence-corrected chi connectivity index (χ3v) is 5.35. The molecule has 22 heavy (non-hydrogen) atoms. The monoisotopic (exact) mass is 312 g/mol. The summed E-state index contributed by atoms with van der Waals surface area (Å²) < 4.78 is 11.6. The summed E-state index contributed by atoms with van der Waals surface area (Å²) in [6.45, 7) is 15.0. The van der Waals surface area contributed by atoms with Gasteiger partial charge in [0.15, 0.2) is 0 Å². The highest BCUT2D eigenvalue weighted by atomic mass is 16.5. The molecule has 2 fully saturated rings. The summed E-state index contributed by atoms with van der Waals surface area (Å²) in [5.74, 6) is 0.753. The van der Waals surface area contributed by atoms with Crippen molar-refractivity contribution >= 4 is 0 Å². The smallest absolute Gasteiger partial charge is 0.0601 e. The van der Waals surface area contributed by atoms with Gasteiger partial charge in [-0.2, -0.15) is 0 Å². The van der Waals surface area contributed by atoms with Crippen molar-refractivity contribution in [1.82, 2.24) is 9.80 Å². The third-order valence-electron chi connectivity index (χ3n) is 5.35. The Hall–Kier alpha value is -0.160. The number of hydrogen-bond donors (Lipinski definition) is 0. The zero-order valence-electron chi connectivity index (χ0n) is 14.9. The molecule has 0 N–H and O–H groups in total. The Morgan fingerprint density at radius 3 is 2.55 bits per heavy atom. The topological polar surface area (TPSA) is 24.9 Å². The molecule has 4 nitrogen and oxygen atoms in total. The average Bonchev–Trinajstić information content (AvgIpc) is 2.51.